The zero-order valence-electron chi connectivity index (χ0n) is 7.11. The predicted molar refractivity (Wildman–Crippen MR) is 43.7 cm³/mol. The molecule has 0 aromatic heterocycles. The molecule has 1 heteroatoms. The summed E-state index contributed by atoms with van der Waals surface area (Å²) < 4.78 is 5.12. The van der Waals surface area contributed by atoms with Gasteiger partial charge >= 0.3 is 0 Å². The molecule has 0 bridgehead atoms. The van der Waals surface area contributed by atoms with Crippen LogP contribution in [-0.4, -0.2) is 13.2 Å². The molecule has 0 spiro atoms. The topological polar surface area (TPSA) is 9.23 Å². The van der Waals surface area contributed by atoms with Gasteiger partial charge in [0.1, 0.15) is 6.61 Å². The van der Waals surface area contributed by atoms with Crippen molar-refractivity contribution >= 4 is 0 Å². The molecule has 0 saturated heterocycles. The molecule has 0 aliphatic carbocycles. The van der Waals surface area contributed by atoms with Crippen LogP contribution in [0.3, 0.4) is 0 Å². The second-order valence-corrected chi connectivity index (χ2v) is 3.57. The van der Waals surface area contributed by atoms with E-state index >= 15 is 0 Å². The van der Waals surface area contributed by atoms with Gasteiger partial charge in [-0.2, -0.15) is 0 Å². The molecular formula is C9H16O. The molecule has 10 heavy (non-hydrogen) atoms. The summed E-state index contributed by atoms with van der Waals surface area (Å²) in [5.74, 6) is 2.43. The van der Waals surface area contributed by atoms with E-state index in [0.29, 0.717) is 12.0 Å². The van der Waals surface area contributed by atoms with Crippen molar-refractivity contribution in [3.63, 3.8) is 0 Å². The quantitative estimate of drug-likeness (QED) is 0.431. The van der Waals surface area contributed by atoms with Gasteiger partial charge in [0, 0.05) is 6.61 Å². The molecular weight excluding hydrogens is 124 g/mol. The summed E-state index contributed by atoms with van der Waals surface area (Å²) >= 11 is 0. The summed E-state index contributed by atoms with van der Waals surface area (Å²) in [5, 5.41) is 0. The first kappa shape index (κ1) is 9.52. The highest BCUT2D eigenvalue weighted by Gasteiger charge is 2.08. The van der Waals surface area contributed by atoms with Crippen LogP contribution < -0.4 is 0 Å². The molecule has 0 aromatic rings. The minimum absolute atomic E-state index is 0.356. The summed E-state index contributed by atoms with van der Waals surface area (Å²) in [6, 6.07) is 0. The van der Waals surface area contributed by atoms with Crippen LogP contribution in [0.15, 0.2) is 0 Å². The number of rotatable bonds is 3. The van der Waals surface area contributed by atoms with E-state index in [9.17, 15) is 0 Å². The lowest BCUT2D eigenvalue weighted by molar-refractivity contribution is 0.135. The molecule has 0 heterocycles. The standard InChI is InChI=1S/C9H16O/c1-5-7-10-8-6-9(2,3)4/h1H,6-8H2,2-4H3. The Kier molecular flexibility index (Phi) is 4.14. The van der Waals surface area contributed by atoms with Crippen molar-refractivity contribution in [3.8, 4) is 12.3 Å². The third-order valence-electron chi connectivity index (χ3n) is 1.18. The first-order chi connectivity index (χ1) is 4.56. The first-order valence-electron chi connectivity index (χ1n) is 3.57. The summed E-state index contributed by atoms with van der Waals surface area (Å²) in [4.78, 5) is 0. The van der Waals surface area contributed by atoms with Crippen molar-refractivity contribution < 1.29 is 4.74 Å². The van der Waals surface area contributed by atoms with Crippen LogP contribution in [0, 0.1) is 17.8 Å². The minimum Gasteiger partial charge on any atom is -0.369 e. The van der Waals surface area contributed by atoms with E-state index in [1.807, 2.05) is 0 Å². The first-order valence-corrected chi connectivity index (χ1v) is 3.57. The second kappa shape index (κ2) is 4.35. The Morgan fingerprint density at radius 1 is 1.40 bits per heavy atom. The van der Waals surface area contributed by atoms with Crippen molar-refractivity contribution in [3.05, 3.63) is 0 Å². The van der Waals surface area contributed by atoms with Gasteiger partial charge in [-0.25, -0.2) is 0 Å². The van der Waals surface area contributed by atoms with Crippen LogP contribution in [0.5, 0.6) is 0 Å². The number of ether oxygens (including phenoxy) is 1. The summed E-state index contributed by atoms with van der Waals surface area (Å²) in [6.07, 6.45) is 6.07. The fourth-order valence-corrected chi connectivity index (χ4v) is 0.509. The van der Waals surface area contributed by atoms with Crippen LogP contribution >= 0.6 is 0 Å². The van der Waals surface area contributed by atoms with Crippen LogP contribution in [0.4, 0.5) is 0 Å². The monoisotopic (exact) mass is 140 g/mol. The Morgan fingerprint density at radius 3 is 2.40 bits per heavy atom. The van der Waals surface area contributed by atoms with E-state index in [-0.39, 0.29) is 0 Å². The third kappa shape index (κ3) is 7.52. The zero-order valence-corrected chi connectivity index (χ0v) is 7.11. The SMILES string of the molecule is C#CCOCCC(C)(C)C. The van der Waals surface area contributed by atoms with Crippen molar-refractivity contribution in [2.45, 2.75) is 27.2 Å². The summed E-state index contributed by atoms with van der Waals surface area (Å²) in [5.41, 5.74) is 0.356. The lowest BCUT2D eigenvalue weighted by Crippen LogP contribution is -2.09. The number of hydrogen-bond donors (Lipinski definition) is 0. The summed E-state index contributed by atoms with van der Waals surface area (Å²) in [6.45, 7) is 7.77. The Hall–Kier alpha value is -0.480. The van der Waals surface area contributed by atoms with Gasteiger partial charge in [-0.3, -0.25) is 0 Å². The maximum atomic E-state index is 5.12. The van der Waals surface area contributed by atoms with E-state index in [4.69, 9.17) is 11.2 Å². The highest BCUT2D eigenvalue weighted by Crippen LogP contribution is 2.17. The van der Waals surface area contributed by atoms with Crippen molar-refractivity contribution in [2.75, 3.05) is 13.2 Å². The molecule has 0 aliphatic heterocycles. The van der Waals surface area contributed by atoms with E-state index in [0.717, 1.165) is 13.0 Å². The van der Waals surface area contributed by atoms with Gasteiger partial charge in [-0.1, -0.05) is 26.7 Å². The summed E-state index contributed by atoms with van der Waals surface area (Å²) in [7, 11) is 0. The van der Waals surface area contributed by atoms with Gasteiger partial charge in [-0.05, 0) is 11.8 Å². The van der Waals surface area contributed by atoms with Gasteiger partial charge < -0.3 is 4.74 Å². The minimum atomic E-state index is 0.356. The molecule has 0 atom stereocenters. The smallest absolute Gasteiger partial charge is 0.107 e. The highest BCUT2D eigenvalue weighted by atomic mass is 16.5. The second-order valence-electron chi connectivity index (χ2n) is 3.57. The van der Waals surface area contributed by atoms with Crippen molar-refractivity contribution in [2.24, 2.45) is 5.41 Å². The van der Waals surface area contributed by atoms with Gasteiger partial charge in [-0.15, -0.1) is 6.42 Å². The average Bonchev–Trinajstić information content (AvgIpc) is 1.78. The third-order valence-corrected chi connectivity index (χ3v) is 1.18. The van der Waals surface area contributed by atoms with Crippen LogP contribution in [0.25, 0.3) is 0 Å². The molecule has 1 nitrogen and oxygen atoms in total. The molecule has 0 unspecified atom stereocenters. The van der Waals surface area contributed by atoms with Gasteiger partial charge in [0.25, 0.3) is 0 Å². The van der Waals surface area contributed by atoms with Crippen molar-refractivity contribution in [1.29, 1.82) is 0 Å². The molecule has 0 amide bonds. The van der Waals surface area contributed by atoms with Gasteiger partial charge in [0.15, 0.2) is 0 Å². The van der Waals surface area contributed by atoms with Crippen LogP contribution in [0.2, 0.25) is 0 Å². The van der Waals surface area contributed by atoms with E-state index in [2.05, 4.69) is 26.7 Å². The fourth-order valence-electron chi connectivity index (χ4n) is 0.509. The van der Waals surface area contributed by atoms with Crippen LogP contribution in [0.1, 0.15) is 27.2 Å². The molecule has 0 rings (SSSR count). The number of hydrogen-bond acceptors (Lipinski definition) is 1. The molecule has 0 aliphatic rings. The lowest BCUT2D eigenvalue weighted by atomic mass is 9.93. The largest absolute Gasteiger partial charge is 0.369 e. The average molecular weight is 140 g/mol. The normalized spacial score (nSPS) is 11.0. The fraction of sp³-hybridized carbons (Fsp3) is 0.778. The maximum Gasteiger partial charge on any atom is 0.107 e. The predicted octanol–water partition coefficient (Wildman–Crippen LogP) is 2.07. The van der Waals surface area contributed by atoms with Crippen LogP contribution in [-0.2, 0) is 4.74 Å². The van der Waals surface area contributed by atoms with Crippen molar-refractivity contribution in [1.82, 2.24) is 0 Å². The Labute approximate surface area is 63.8 Å². The molecule has 0 fully saturated rings. The molecule has 0 saturated carbocycles. The molecule has 0 N–H and O–H groups in total. The highest BCUT2D eigenvalue weighted by molar-refractivity contribution is 4.82. The number of terminal acetylenes is 1. The molecule has 58 valence electrons. The Bertz CT molecular complexity index is 114. The molecule has 0 aromatic carbocycles. The molecule has 0 radical (unpaired) electrons. The maximum absolute atomic E-state index is 5.12. The lowest BCUT2D eigenvalue weighted by Gasteiger charge is -2.16. The van der Waals surface area contributed by atoms with E-state index < -0.39 is 0 Å². The van der Waals surface area contributed by atoms with Gasteiger partial charge in [0.2, 0.25) is 0 Å². The van der Waals surface area contributed by atoms with Gasteiger partial charge in [0.05, 0.1) is 0 Å². The Balaban J connectivity index is 3.14. The zero-order chi connectivity index (χ0) is 8.04. The van der Waals surface area contributed by atoms with E-state index in [1.165, 1.54) is 0 Å². The van der Waals surface area contributed by atoms with E-state index in [1.54, 1.807) is 0 Å². The Morgan fingerprint density at radius 2 is 2.00 bits per heavy atom.